The highest BCUT2D eigenvalue weighted by Gasteiger charge is 2.07. The minimum absolute atomic E-state index is 0.205. The van der Waals surface area contributed by atoms with Gasteiger partial charge in [-0.05, 0) is 12.1 Å². The Bertz CT molecular complexity index is 446. The number of rotatable bonds is 4. The van der Waals surface area contributed by atoms with Gasteiger partial charge in [-0.15, -0.1) is 0 Å². The van der Waals surface area contributed by atoms with E-state index >= 15 is 0 Å². The van der Waals surface area contributed by atoms with Crippen molar-refractivity contribution in [3.8, 4) is 17.6 Å². The number of hydrogen-bond donors (Lipinski definition) is 0. The van der Waals surface area contributed by atoms with E-state index in [4.69, 9.17) is 14.7 Å². The molecule has 0 heterocycles. The Morgan fingerprint density at radius 3 is 2.94 bits per heavy atom. The summed E-state index contributed by atoms with van der Waals surface area (Å²) in [5, 5.41) is 8.80. The summed E-state index contributed by atoms with van der Waals surface area (Å²) in [6, 6.07) is 6.61. The zero-order chi connectivity index (χ0) is 12.0. The maximum absolute atomic E-state index is 10.8. The summed E-state index contributed by atoms with van der Waals surface area (Å²) >= 11 is 0. The average Bonchev–Trinajstić information content (AvgIpc) is 2.26. The highest BCUT2D eigenvalue weighted by Crippen LogP contribution is 2.24. The average molecular weight is 217 g/mol. The van der Waals surface area contributed by atoms with Crippen LogP contribution >= 0.6 is 0 Å². The summed E-state index contributed by atoms with van der Waals surface area (Å²) < 4.78 is 10.1. The van der Waals surface area contributed by atoms with Crippen molar-refractivity contribution in [3.63, 3.8) is 0 Å². The van der Waals surface area contributed by atoms with Gasteiger partial charge in [0, 0.05) is 13.0 Å². The molecule has 4 heteroatoms. The van der Waals surface area contributed by atoms with E-state index in [9.17, 15) is 4.79 Å². The molecule has 0 atom stereocenters. The smallest absolute Gasteiger partial charge is 0.308 e. The van der Waals surface area contributed by atoms with E-state index in [2.05, 4.69) is 6.58 Å². The number of carbonyl (C=O) groups is 1. The number of nitrogens with zero attached hydrogens (tertiary/aromatic N) is 1. The topological polar surface area (TPSA) is 59.3 Å². The first kappa shape index (κ1) is 11.8. The lowest BCUT2D eigenvalue weighted by Crippen LogP contribution is -2.03. The van der Waals surface area contributed by atoms with E-state index in [0.717, 1.165) is 0 Å². The summed E-state index contributed by atoms with van der Waals surface area (Å²) in [6.45, 7) is 5.15. The van der Waals surface area contributed by atoms with Gasteiger partial charge in [-0.3, -0.25) is 4.79 Å². The molecule has 1 rings (SSSR count). The maximum Gasteiger partial charge on any atom is 0.308 e. The summed E-state index contributed by atoms with van der Waals surface area (Å²) in [6.07, 6.45) is 1.60. The van der Waals surface area contributed by atoms with E-state index < -0.39 is 5.97 Å². The molecule has 0 bridgehead atoms. The molecule has 0 amide bonds. The Kier molecular flexibility index (Phi) is 4.10. The molecule has 0 unspecified atom stereocenters. The van der Waals surface area contributed by atoms with E-state index in [1.165, 1.54) is 19.1 Å². The molecule has 1 aromatic rings. The Balaban J connectivity index is 2.97. The van der Waals surface area contributed by atoms with Crippen LogP contribution in [-0.2, 0) is 4.79 Å². The van der Waals surface area contributed by atoms with Crippen LogP contribution in [0.5, 0.6) is 11.5 Å². The Morgan fingerprint density at radius 1 is 1.62 bits per heavy atom. The zero-order valence-corrected chi connectivity index (χ0v) is 8.90. The summed E-state index contributed by atoms with van der Waals surface area (Å²) in [5.74, 6) is 0.254. The fourth-order valence-electron chi connectivity index (χ4n) is 1.08. The Hall–Kier alpha value is -2.28. The second-order valence-corrected chi connectivity index (χ2v) is 2.96. The van der Waals surface area contributed by atoms with E-state index in [-0.39, 0.29) is 5.75 Å². The largest absolute Gasteiger partial charge is 0.489 e. The molecule has 82 valence electrons. The van der Waals surface area contributed by atoms with Gasteiger partial charge in [-0.25, -0.2) is 0 Å². The summed E-state index contributed by atoms with van der Waals surface area (Å²) in [7, 11) is 0. The first-order chi connectivity index (χ1) is 7.67. The zero-order valence-electron chi connectivity index (χ0n) is 8.90. The van der Waals surface area contributed by atoms with Crippen LogP contribution in [0.4, 0.5) is 0 Å². The third-order valence-corrected chi connectivity index (χ3v) is 1.70. The molecule has 16 heavy (non-hydrogen) atoms. The molecule has 0 N–H and O–H groups in total. The normalized spacial score (nSPS) is 9.00. The standard InChI is InChI=1S/C12H11NO3/c1-3-6-15-11-5-4-10(8-13)12(7-11)16-9(2)14/h3-5,7H,1,6H2,2H3. The Labute approximate surface area is 93.7 Å². The molecule has 0 saturated carbocycles. The van der Waals surface area contributed by atoms with Crippen molar-refractivity contribution in [1.29, 1.82) is 5.26 Å². The minimum Gasteiger partial charge on any atom is -0.489 e. The van der Waals surface area contributed by atoms with Crippen molar-refractivity contribution in [1.82, 2.24) is 0 Å². The molecule has 0 spiro atoms. The molecule has 1 aromatic carbocycles. The van der Waals surface area contributed by atoms with Crippen molar-refractivity contribution in [2.24, 2.45) is 0 Å². The fourth-order valence-corrected chi connectivity index (χ4v) is 1.08. The van der Waals surface area contributed by atoms with Crippen LogP contribution in [0.2, 0.25) is 0 Å². The second-order valence-electron chi connectivity index (χ2n) is 2.96. The van der Waals surface area contributed by atoms with Gasteiger partial charge in [0.05, 0.1) is 5.56 Å². The van der Waals surface area contributed by atoms with Crippen LogP contribution in [-0.4, -0.2) is 12.6 Å². The fraction of sp³-hybridized carbons (Fsp3) is 0.167. The highest BCUT2D eigenvalue weighted by atomic mass is 16.5. The molecule has 0 radical (unpaired) electrons. The lowest BCUT2D eigenvalue weighted by molar-refractivity contribution is -0.131. The predicted octanol–water partition coefficient (Wildman–Crippen LogP) is 2.05. The molecule has 0 fully saturated rings. The lowest BCUT2D eigenvalue weighted by atomic mass is 10.2. The molecular formula is C12H11NO3. The van der Waals surface area contributed by atoms with Crippen molar-refractivity contribution >= 4 is 5.97 Å². The summed E-state index contributed by atoms with van der Waals surface area (Å²) in [5.41, 5.74) is 0.293. The number of nitriles is 1. The molecular weight excluding hydrogens is 206 g/mol. The number of ether oxygens (including phenoxy) is 2. The number of benzene rings is 1. The third-order valence-electron chi connectivity index (χ3n) is 1.70. The van der Waals surface area contributed by atoms with Gasteiger partial charge in [0.2, 0.25) is 0 Å². The van der Waals surface area contributed by atoms with Crippen LogP contribution < -0.4 is 9.47 Å². The summed E-state index contributed by atoms with van der Waals surface area (Å²) in [4.78, 5) is 10.8. The van der Waals surface area contributed by atoms with Gasteiger partial charge < -0.3 is 9.47 Å². The van der Waals surface area contributed by atoms with E-state index in [0.29, 0.717) is 17.9 Å². The van der Waals surface area contributed by atoms with Crippen molar-refractivity contribution in [2.45, 2.75) is 6.92 Å². The van der Waals surface area contributed by atoms with Crippen LogP contribution in [0.1, 0.15) is 12.5 Å². The van der Waals surface area contributed by atoms with E-state index in [1.807, 2.05) is 6.07 Å². The van der Waals surface area contributed by atoms with Crippen LogP contribution in [0.15, 0.2) is 30.9 Å². The minimum atomic E-state index is -0.475. The molecule has 4 nitrogen and oxygen atoms in total. The van der Waals surface area contributed by atoms with Gasteiger partial charge in [0.1, 0.15) is 18.4 Å². The van der Waals surface area contributed by atoms with E-state index in [1.54, 1.807) is 12.1 Å². The van der Waals surface area contributed by atoms with Gasteiger partial charge in [0.25, 0.3) is 0 Å². The molecule has 0 aromatic heterocycles. The monoisotopic (exact) mass is 217 g/mol. The second kappa shape index (κ2) is 5.56. The van der Waals surface area contributed by atoms with Gasteiger partial charge in [-0.2, -0.15) is 5.26 Å². The number of hydrogen-bond acceptors (Lipinski definition) is 4. The molecule has 0 saturated heterocycles. The maximum atomic E-state index is 10.8. The van der Waals surface area contributed by atoms with Crippen LogP contribution in [0, 0.1) is 11.3 Å². The van der Waals surface area contributed by atoms with Crippen LogP contribution in [0.25, 0.3) is 0 Å². The molecule has 0 aliphatic heterocycles. The predicted molar refractivity (Wildman–Crippen MR) is 58.2 cm³/mol. The van der Waals surface area contributed by atoms with Crippen molar-refractivity contribution in [3.05, 3.63) is 36.4 Å². The molecule has 0 aliphatic rings. The van der Waals surface area contributed by atoms with Crippen LogP contribution in [0.3, 0.4) is 0 Å². The quantitative estimate of drug-likeness (QED) is 0.440. The van der Waals surface area contributed by atoms with Crippen molar-refractivity contribution < 1.29 is 14.3 Å². The number of carbonyl (C=O) groups excluding carboxylic acids is 1. The highest BCUT2D eigenvalue weighted by molar-refractivity contribution is 5.70. The van der Waals surface area contributed by atoms with Gasteiger partial charge >= 0.3 is 5.97 Å². The van der Waals surface area contributed by atoms with Crippen molar-refractivity contribution in [2.75, 3.05) is 6.61 Å². The third kappa shape index (κ3) is 3.14. The van der Waals surface area contributed by atoms with Gasteiger partial charge in [-0.1, -0.05) is 12.7 Å². The first-order valence-electron chi connectivity index (χ1n) is 4.63. The SMILES string of the molecule is C=CCOc1ccc(C#N)c(OC(C)=O)c1. The number of esters is 1. The molecule has 0 aliphatic carbocycles. The lowest BCUT2D eigenvalue weighted by Gasteiger charge is -2.07. The first-order valence-corrected chi connectivity index (χ1v) is 4.63. The Morgan fingerprint density at radius 2 is 2.38 bits per heavy atom. The van der Waals surface area contributed by atoms with Gasteiger partial charge in [0.15, 0.2) is 5.75 Å².